The van der Waals surface area contributed by atoms with Crippen molar-refractivity contribution >= 4 is 15.4 Å². The summed E-state index contributed by atoms with van der Waals surface area (Å²) in [5.41, 5.74) is -0.795. The second-order valence-electron chi connectivity index (χ2n) is 2.24. The molecule has 1 rings (SSSR count). The highest BCUT2D eigenvalue weighted by Crippen LogP contribution is 2.28. The van der Waals surface area contributed by atoms with E-state index in [-0.39, 0.29) is 11.1 Å². The fourth-order valence-electron chi connectivity index (χ4n) is 0.834. The molecule has 0 fully saturated rings. The van der Waals surface area contributed by atoms with Crippen molar-refractivity contribution in [1.29, 1.82) is 0 Å². The molecule has 0 amide bonds. The molecule has 0 aliphatic heterocycles. The van der Waals surface area contributed by atoms with Crippen LogP contribution in [0, 0.1) is 0 Å². The SMILES string of the molecule is COc1nccc(C(F)(F)F)c1[Si]. The topological polar surface area (TPSA) is 22.1 Å². The van der Waals surface area contributed by atoms with Crippen LogP contribution in [0.15, 0.2) is 12.3 Å². The fraction of sp³-hybridized carbons (Fsp3) is 0.286. The van der Waals surface area contributed by atoms with Gasteiger partial charge in [0.05, 0.1) is 22.9 Å². The molecular formula is C7H5F3NOSi. The Morgan fingerprint density at radius 2 is 2.08 bits per heavy atom. The third-order valence-corrected chi connectivity index (χ3v) is 1.90. The lowest BCUT2D eigenvalue weighted by molar-refractivity contribution is -0.136. The zero-order valence-corrected chi connectivity index (χ0v) is 7.64. The van der Waals surface area contributed by atoms with E-state index in [0.717, 1.165) is 12.3 Å². The minimum atomic E-state index is -4.40. The molecule has 3 radical (unpaired) electrons. The first-order valence-corrected chi connectivity index (χ1v) is 3.78. The molecule has 0 atom stereocenters. The number of nitrogens with zero attached hydrogens (tertiary/aromatic N) is 1. The van der Waals surface area contributed by atoms with Crippen molar-refractivity contribution in [1.82, 2.24) is 4.98 Å². The zero-order chi connectivity index (χ0) is 10.1. The van der Waals surface area contributed by atoms with Crippen LogP contribution in [-0.2, 0) is 6.18 Å². The van der Waals surface area contributed by atoms with E-state index >= 15 is 0 Å². The number of alkyl halides is 3. The molecule has 1 aromatic rings. The Bertz CT molecular complexity index is 313. The summed E-state index contributed by atoms with van der Waals surface area (Å²) in [6, 6.07) is 0.880. The van der Waals surface area contributed by atoms with Gasteiger partial charge < -0.3 is 4.74 Å². The van der Waals surface area contributed by atoms with Gasteiger partial charge in [-0.05, 0) is 6.07 Å². The minimum Gasteiger partial charge on any atom is -0.481 e. The van der Waals surface area contributed by atoms with E-state index in [1.54, 1.807) is 0 Å². The summed E-state index contributed by atoms with van der Waals surface area (Å²) in [6.45, 7) is 0. The van der Waals surface area contributed by atoms with Crippen molar-refractivity contribution in [2.75, 3.05) is 7.11 Å². The molecule has 13 heavy (non-hydrogen) atoms. The number of methoxy groups -OCH3 is 1. The molecule has 69 valence electrons. The van der Waals surface area contributed by atoms with Crippen molar-refractivity contribution in [3.63, 3.8) is 0 Å². The average Bonchev–Trinajstić information content (AvgIpc) is 2.02. The predicted molar refractivity (Wildman–Crippen MR) is 41.2 cm³/mol. The number of ether oxygens (including phenoxy) is 1. The lowest BCUT2D eigenvalue weighted by Gasteiger charge is -2.11. The van der Waals surface area contributed by atoms with Crippen molar-refractivity contribution < 1.29 is 17.9 Å². The zero-order valence-electron chi connectivity index (χ0n) is 6.64. The van der Waals surface area contributed by atoms with Gasteiger partial charge in [0, 0.05) is 11.4 Å². The minimum absolute atomic E-state index is 0.0773. The Morgan fingerprint density at radius 3 is 2.54 bits per heavy atom. The van der Waals surface area contributed by atoms with Crippen molar-refractivity contribution in [2.45, 2.75) is 6.18 Å². The van der Waals surface area contributed by atoms with Gasteiger partial charge in [0.2, 0.25) is 5.88 Å². The smallest absolute Gasteiger partial charge is 0.416 e. The Labute approximate surface area is 76.2 Å². The number of hydrogen-bond donors (Lipinski definition) is 0. The molecular weight excluding hydrogens is 199 g/mol. The number of halogens is 3. The van der Waals surface area contributed by atoms with E-state index in [4.69, 9.17) is 0 Å². The van der Waals surface area contributed by atoms with Gasteiger partial charge in [0.25, 0.3) is 0 Å². The van der Waals surface area contributed by atoms with Gasteiger partial charge in [-0.15, -0.1) is 0 Å². The molecule has 1 heterocycles. The van der Waals surface area contributed by atoms with Gasteiger partial charge in [-0.1, -0.05) is 0 Å². The quantitative estimate of drug-likeness (QED) is 0.634. The Morgan fingerprint density at radius 1 is 1.46 bits per heavy atom. The predicted octanol–water partition coefficient (Wildman–Crippen LogP) is 0.903. The lowest BCUT2D eigenvalue weighted by Crippen LogP contribution is -2.22. The molecule has 0 unspecified atom stereocenters. The Kier molecular flexibility index (Phi) is 2.60. The highest BCUT2D eigenvalue weighted by molar-refractivity contribution is 6.35. The first-order chi connectivity index (χ1) is 5.96. The Hall–Kier alpha value is -1.04. The molecule has 0 spiro atoms. The summed E-state index contributed by atoms with van der Waals surface area (Å²) in [7, 11) is 4.08. The van der Waals surface area contributed by atoms with E-state index in [9.17, 15) is 13.2 Å². The van der Waals surface area contributed by atoms with E-state index in [1.807, 2.05) is 0 Å². The standard InChI is InChI=1S/C7H5F3NOSi/c1-12-6-5(13)4(2-3-11-6)7(8,9)10/h2-3H,1H3. The second kappa shape index (κ2) is 3.37. The summed E-state index contributed by atoms with van der Waals surface area (Å²) in [6.07, 6.45) is -3.35. The summed E-state index contributed by atoms with van der Waals surface area (Å²) in [5, 5.41) is -0.183. The van der Waals surface area contributed by atoms with Crippen LogP contribution in [0.3, 0.4) is 0 Å². The first-order valence-electron chi connectivity index (χ1n) is 3.28. The van der Waals surface area contributed by atoms with E-state index in [1.165, 1.54) is 7.11 Å². The average molecular weight is 204 g/mol. The number of rotatable bonds is 1. The molecule has 0 aromatic carbocycles. The lowest BCUT2D eigenvalue weighted by atomic mass is 10.2. The summed E-state index contributed by atoms with van der Waals surface area (Å²) >= 11 is 0. The van der Waals surface area contributed by atoms with E-state index < -0.39 is 11.7 Å². The van der Waals surface area contributed by atoms with Gasteiger partial charge in [0.1, 0.15) is 0 Å². The molecule has 1 aromatic heterocycles. The normalized spacial score (nSPS) is 11.5. The molecule has 0 saturated heterocycles. The van der Waals surface area contributed by atoms with Crippen LogP contribution in [0.25, 0.3) is 0 Å². The maximum absolute atomic E-state index is 12.3. The number of hydrogen-bond acceptors (Lipinski definition) is 2. The van der Waals surface area contributed by atoms with Gasteiger partial charge in [-0.25, -0.2) is 4.98 Å². The highest BCUT2D eigenvalue weighted by Gasteiger charge is 2.33. The first kappa shape index (κ1) is 10.0. The number of aromatic nitrogens is 1. The van der Waals surface area contributed by atoms with Crippen molar-refractivity contribution in [3.05, 3.63) is 17.8 Å². The van der Waals surface area contributed by atoms with E-state index in [0.29, 0.717) is 0 Å². The van der Waals surface area contributed by atoms with Crippen LogP contribution in [0.1, 0.15) is 5.56 Å². The third-order valence-electron chi connectivity index (χ3n) is 1.41. The maximum Gasteiger partial charge on any atom is 0.416 e. The molecule has 0 saturated carbocycles. The Balaban J connectivity index is 3.24. The number of pyridine rings is 1. The largest absolute Gasteiger partial charge is 0.481 e. The highest BCUT2D eigenvalue weighted by atomic mass is 28.1. The summed E-state index contributed by atoms with van der Waals surface area (Å²) in [5.74, 6) is -0.0773. The molecule has 0 N–H and O–H groups in total. The van der Waals surface area contributed by atoms with Crippen LogP contribution < -0.4 is 9.92 Å². The monoisotopic (exact) mass is 204 g/mol. The van der Waals surface area contributed by atoms with Crippen LogP contribution in [0.2, 0.25) is 0 Å². The van der Waals surface area contributed by atoms with E-state index in [2.05, 4.69) is 20.0 Å². The molecule has 6 heteroatoms. The molecule has 0 bridgehead atoms. The molecule has 0 aliphatic carbocycles. The summed E-state index contributed by atoms with van der Waals surface area (Å²) < 4.78 is 41.4. The summed E-state index contributed by atoms with van der Waals surface area (Å²) in [4.78, 5) is 3.60. The van der Waals surface area contributed by atoms with Gasteiger partial charge in [0.15, 0.2) is 0 Å². The fourth-order valence-corrected chi connectivity index (χ4v) is 1.23. The maximum atomic E-state index is 12.3. The van der Waals surface area contributed by atoms with Gasteiger partial charge >= 0.3 is 6.18 Å². The molecule has 0 aliphatic rings. The van der Waals surface area contributed by atoms with Gasteiger partial charge in [-0.3, -0.25) is 0 Å². The van der Waals surface area contributed by atoms with Crippen LogP contribution in [0.4, 0.5) is 13.2 Å². The van der Waals surface area contributed by atoms with Crippen LogP contribution >= 0.6 is 0 Å². The van der Waals surface area contributed by atoms with Crippen molar-refractivity contribution in [3.8, 4) is 5.88 Å². The second-order valence-corrected chi connectivity index (χ2v) is 2.74. The van der Waals surface area contributed by atoms with Gasteiger partial charge in [-0.2, -0.15) is 13.2 Å². The third kappa shape index (κ3) is 2.00. The molecule has 2 nitrogen and oxygen atoms in total. The van der Waals surface area contributed by atoms with Crippen LogP contribution in [-0.4, -0.2) is 22.3 Å². The van der Waals surface area contributed by atoms with Crippen molar-refractivity contribution in [2.24, 2.45) is 0 Å². The van der Waals surface area contributed by atoms with Crippen LogP contribution in [0.5, 0.6) is 5.88 Å².